The summed E-state index contributed by atoms with van der Waals surface area (Å²) in [5.41, 5.74) is 1.68. The lowest BCUT2D eigenvalue weighted by Gasteiger charge is -2.42. The number of ether oxygens (including phenoxy) is 2. The maximum atomic E-state index is 13.3. The number of carbonyl (C=O) groups excluding carboxylic acids is 3. The number of fused-ring (bicyclic) bond motifs is 2. The van der Waals surface area contributed by atoms with Gasteiger partial charge in [0.15, 0.2) is 0 Å². The molecule has 0 bridgehead atoms. The molecule has 0 unspecified atom stereocenters. The summed E-state index contributed by atoms with van der Waals surface area (Å²) in [5.74, 6) is -0.227. The predicted octanol–water partition coefficient (Wildman–Crippen LogP) is 3.26. The molecule has 0 radical (unpaired) electrons. The zero-order valence-corrected chi connectivity index (χ0v) is 20.2. The van der Waals surface area contributed by atoms with E-state index in [-0.39, 0.29) is 67.3 Å². The number of halogens is 1. The van der Waals surface area contributed by atoms with Gasteiger partial charge in [-0.1, -0.05) is 12.1 Å². The van der Waals surface area contributed by atoms with Crippen molar-refractivity contribution in [2.45, 2.75) is 56.9 Å². The van der Waals surface area contributed by atoms with Crippen molar-refractivity contribution in [2.75, 3.05) is 19.0 Å². The van der Waals surface area contributed by atoms with Crippen molar-refractivity contribution < 1.29 is 28.2 Å². The Bertz CT molecular complexity index is 1170. The third-order valence-electron chi connectivity index (χ3n) is 7.02. The van der Waals surface area contributed by atoms with E-state index in [1.807, 2.05) is 0 Å². The number of rotatable bonds is 6. The van der Waals surface area contributed by atoms with Crippen LogP contribution in [0.15, 0.2) is 42.5 Å². The number of likely N-dealkylation sites (N-methyl/N-ethyl adjacent to an activating group) is 1. The van der Waals surface area contributed by atoms with Crippen LogP contribution in [0.2, 0.25) is 0 Å². The van der Waals surface area contributed by atoms with Crippen molar-refractivity contribution >= 4 is 23.4 Å². The zero-order valence-electron chi connectivity index (χ0n) is 20.2. The van der Waals surface area contributed by atoms with Crippen LogP contribution in [-0.4, -0.2) is 54.5 Å². The molecule has 190 valence electrons. The monoisotopic (exact) mass is 495 g/mol. The van der Waals surface area contributed by atoms with Gasteiger partial charge in [0.25, 0.3) is 5.91 Å². The summed E-state index contributed by atoms with van der Waals surface area (Å²) in [4.78, 5) is 39.6. The Morgan fingerprint density at radius 2 is 1.94 bits per heavy atom. The topological polar surface area (TPSA) is 97.0 Å². The number of hydrogen-bond acceptors (Lipinski definition) is 5. The molecule has 3 atom stereocenters. The molecule has 8 nitrogen and oxygen atoms in total. The number of nitrogens with one attached hydrogen (secondary N) is 2. The first-order valence-corrected chi connectivity index (χ1v) is 12.4. The molecule has 1 saturated carbocycles. The van der Waals surface area contributed by atoms with E-state index >= 15 is 0 Å². The van der Waals surface area contributed by atoms with Gasteiger partial charge < -0.3 is 25.0 Å². The summed E-state index contributed by atoms with van der Waals surface area (Å²) < 4.78 is 25.5. The van der Waals surface area contributed by atoms with E-state index in [9.17, 15) is 18.8 Å². The van der Waals surface area contributed by atoms with Gasteiger partial charge in [0.1, 0.15) is 24.3 Å². The van der Waals surface area contributed by atoms with Crippen molar-refractivity contribution in [3.8, 4) is 5.75 Å². The molecule has 36 heavy (non-hydrogen) atoms. The van der Waals surface area contributed by atoms with Gasteiger partial charge in [0.05, 0.1) is 24.1 Å². The van der Waals surface area contributed by atoms with Gasteiger partial charge in [-0.2, -0.15) is 0 Å². The molecule has 2 heterocycles. The highest BCUT2D eigenvalue weighted by atomic mass is 19.1. The normalized spacial score (nSPS) is 23.4. The first-order chi connectivity index (χ1) is 17.4. The van der Waals surface area contributed by atoms with Gasteiger partial charge in [-0.25, -0.2) is 4.39 Å². The number of benzene rings is 2. The fourth-order valence-corrected chi connectivity index (χ4v) is 4.82. The fraction of sp³-hybridized carbons (Fsp3) is 0.444. The SMILES string of the molecule is CN1C(=O)c2cc(NC(=O)C3CC3)ccc2OC[C@H]2O[C@H](CC(=O)NCc3cccc(F)c3)CC[C@@H]21. The maximum absolute atomic E-state index is 13.3. The van der Waals surface area contributed by atoms with E-state index in [4.69, 9.17) is 9.47 Å². The molecule has 0 aromatic heterocycles. The molecule has 3 amide bonds. The molecule has 2 aromatic rings. The lowest BCUT2D eigenvalue weighted by Crippen LogP contribution is -2.53. The van der Waals surface area contributed by atoms with Crippen molar-refractivity contribution in [3.63, 3.8) is 0 Å². The van der Waals surface area contributed by atoms with Crippen LogP contribution in [0, 0.1) is 11.7 Å². The number of amides is 3. The molecular formula is C27H30FN3O5. The van der Waals surface area contributed by atoms with E-state index in [0.717, 1.165) is 12.8 Å². The third kappa shape index (κ3) is 5.51. The quantitative estimate of drug-likeness (QED) is 0.641. The van der Waals surface area contributed by atoms with E-state index in [0.29, 0.717) is 35.4 Å². The lowest BCUT2D eigenvalue weighted by molar-refractivity contribution is -0.134. The van der Waals surface area contributed by atoms with Crippen LogP contribution in [-0.2, 0) is 20.9 Å². The second kappa shape index (κ2) is 10.3. The van der Waals surface area contributed by atoms with Crippen molar-refractivity contribution in [1.82, 2.24) is 10.2 Å². The molecule has 0 spiro atoms. The molecule has 3 aliphatic rings. The number of carbonyl (C=O) groups is 3. The largest absolute Gasteiger partial charge is 0.490 e. The summed E-state index contributed by atoms with van der Waals surface area (Å²) in [5, 5.41) is 5.70. The van der Waals surface area contributed by atoms with Gasteiger partial charge in [-0.15, -0.1) is 0 Å². The molecule has 2 fully saturated rings. The molecule has 2 N–H and O–H groups in total. The highest BCUT2D eigenvalue weighted by Crippen LogP contribution is 2.34. The van der Waals surface area contributed by atoms with E-state index < -0.39 is 0 Å². The van der Waals surface area contributed by atoms with Crippen LogP contribution in [0.4, 0.5) is 10.1 Å². The molecule has 1 saturated heterocycles. The molecule has 2 aliphatic heterocycles. The van der Waals surface area contributed by atoms with Crippen molar-refractivity contribution in [3.05, 3.63) is 59.4 Å². The summed E-state index contributed by atoms with van der Waals surface area (Å²) in [6.07, 6.45) is 2.60. The Kier molecular flexibility index (Phi) is 6.91. The summed E-state index contributed by atoms with van der Waals surface area (Å²) in [7, 11) is 1.75. The van der Waals surface area contributed by atoms with Gasteiger partial charge in [0, 0.05) is 25.2 Å². The first kappa shape index (κ1) is 24.2. The minimum absolute atomic E-state index is 0.0192. The highest BCUT2D eigenvalue weighted by Gasteiger charge is 2.39. The number of hydrogen-bond donors (Lipinski definition) is 2. The average molecular weight is 496 g/mol. The van der Waals surface area contributed by atoms with Crippen LogP contribution in [0.1, 0.15) is 48.0 Å². The van der Waals surface area contributed by atoms with E-state index in [1.54, 1.807) is 42.3 Å². The van der Waals surface area contributed by atoms with Crippen molar-refractivity contribution in [2.24, 2.45) is 5.92 Å². The second-order valence-corrected chi connectivity index (χ2v) is 9.75. The van der Waals surface area contributed by atoms with Gasteiger partial charge in [-0.3, -0.25) is 14.4 Å². The van der Waals surface area contributed by atoms with Crippen LogP contribution in [0.3, 0.4) is 0 Å². The van der Waals surface area contributed by atoms with Crippen LogP contribution in [0.5, 0.6) is 5.75 Å². The maximum Gasteiger partial charge on any atom is 0.257 e. The Labute approximate surface area is 209 Å². The smallest absolute Gasteiger partial charge is 0.257 e. The molecular weight excluding hydrogens is 465 g/mol. The molecule has 2 aromatic carbocycles. The average Bonchev–Trinajstić information content (AvgIpc) is 3.71. The highest BCUT2D eigenvalue weighted by molar-refractivity contribution is 6.00. The molecule has 9 heteroatoms. The second-order valence-electron chi connectivity index (χ2n) is 9.75. The minimum atomic E-state index is -0.379. The molecule has 5 rings (SSSR count). The third-order valence-corrected chi connectivity index (χ3v) is 7.02. The van der Waals surface area contributed by atoms with Gasteiger partial charge >= 0.3 is 0 Å². The Balaban J connectivity index is 1.20. The van der Waals surface area contributed by atoms with E-state index in [1.165, 1.54) is 12.1 Å². The lowest BCUT2D eigenvalue weighted by atomic mass is 9.94. The summed E-state index contributed by atoms with van der Waals surface area (Å²) in [6, 6.07) is 11.0. The number of nitrogens with zero attached hydrogens (tertiary/aromatic N) is 1. The van der Waals surface area contributed by atoms with Gasteiger partial charge in [-0.05, 0) is 61.6 Å². The van der Waals surface area contributed by atoms with Crippen molar-refractivity contribution in [1.29, 1.82) is 0 Å². The number of anilines is 1. The fourth-order valence-electron chi connectivity index (χ4n) is 4.82. The van der Waals surface area contributed by atoms with Crippen LogP contribution in [0.25, 0.3) is 0 Å². The first-order valence-electron chi connectivity index (χ1n) is 12.4. The predicted molar refractivity (Wildman–Crippen MR) is 130 cm³/mol. The Hall–Kier alpha value is -3.46. The molecule has 1 aliphatic carbocycles. The standard InChI is InChI=1S/C27H30FN3O5/c1-31-22-9-8-20(13-25(32)29-14-16-3-2-4-18(28)11-16)36-24(22)15-35-23-10-7-19(12-21(23)27(31)34)30-26(33)17-5-6-17/h2-4,7,10-12,17,20,22,24H,5-6,8-9,13-15H2,1H3,(H,29,32)(H,30,33)/t20-,22-,24+/m0/s1. The summed E-state index contributed by atoms with van der Waals surface area (Å²) >= 11 is 0. The van der Waals surface area contributed by atoms with Gasteiger partial charge in [0.2, 0.25) is 11.8 Å². The van der Waals surface area contributed by atoms with E-state index in [2.05, 4.69) is 10.6 Å². The van der Waals surface area contributed by atoms with Crippen LogP contribution < -0.4 is 15.4 Å². The summed E-state index contributed by atoms with van der Waals surface area (Å²) in [6.45, 7) is 0.486. The zero-order chi connectivity index (χ0) is 25.2. The minimum Gasteiger partial charge on any atom is -0.490 e. The Morgan fingerprint density at radius 3 is 2.72 bits per heavy atom. The van der Waals surface area contributed by atoms with Crippen LogP contribution >= 0.6 is 0 Å². The Morgan fingerprint density at radius 1 is 1.11 bits per heavy atom.